The normalized spacial score (nSPS) is 10.8. The van der Waals surface area contributed by atoms with Crippen molar-refractivity contribution in [2.75, 3.05) is 12.0 Å². The van der Waals surface area contributed by atoms with Gasteiger partial charge in [-0.15, -0.1) is 11.8 Å². The molecule has 0 aliphatic heterocycles. The molecule has 1 heterocycles. The summed E-state index contributed by atoms with van der Waals surface area (Å²) in [5.41, 5.74) is 5.66. The molecule has 62 valence electrons. The van der Waals surface area contributed by atoms with Gasteiger partial charge in [-0.2, -0.15) is 4.37 Å². The molecule has 2 rings (SSSR count). The summed E-state index contributed by atoms with van der Waals surface area (Å²) in [4.78, 5) is 1.26. The molecule has 0 radical (unpaired) electrons. The minimum absolute atomic E-state index is 0.641. The van der Waals surface area contributed by atoms with Crippen LogP contribution in [0.5, 0.6) is 0 Å². The molecular weight excluding hydrogens is 188 g/mol. The second kappa shape index (κ2) is 2.95. The summed E-state index contributed by atoms with van der Waals surface area (Å²) in [6, 6.07) is 6.21. The first kappa shape index (κ1) is 7.89. The van der Waals surface area contributed by atoms with Crippen LogP contribution in [0, 0.1) is 0 Å². The molecule has 1 aromatic carbocycles. The maximum absolute atomic E-state index is 5.66. The van der Waals surface area contributed by atoms with E-state index in [2.05, 4.69) is 22.8 Å². The molecule has 0 saturated heterocycles. The molecule has 0 saturated carbocycles. The Balaban J connectivity index is 2.69. The van der Waals surface area contributed by atoms with Crippen LogP contribution in [0.25, 0.3) is 10.1 Å². The number of hydrogen-bond donors (Lipinski definition) is 1. The third-order valence-corrected chi connectivity index (χ3v) is 3.25. The number of aromatic nitrogens is 1. The van der Waals surface area contributed by atoms with Crippen molar-refractivity contribution in [1.29, 1.82) is 0 Å². The molecule has 2 nitrogen and oxygen atoms in total. The smallest absolute Gasteiger partial charge is 0.144 e. The minimum atomic E-state index is 0.641. The molecule has 2 aromatic rings. The van der Waals surface area contributed by atoms with Crippen molar-refractivity contribution in [2.24, 2.45) is 0 Å². The molecule has 0 fully saturated rings. The Labute approximate surface area is 78.9 Å². The molecule has 1 aromatic heterocycles. The SMILES string of the molecule is CSc1ccc2c(N)nsc2c1. The number of nitrogens with zero attached hydrogens (tertiary/aromatic N) is 1. The molecule has 0 bridgehead atoms. The quantitative estimate of drug-likeness (QED) is 0.712. The number of anilines is 1. The average Bonchev–Trinajstić information content (AvgIpc) is 2.47. The fourth-order valence-electron chi connectivity index (χ4n) is 1.06. The molecule has 0 unspecified atom stereocenters. The largest absolute Gasteiger partial charge is 0.382 e. The zero-order valence-electron chi connectivity index (χ0n) is 6.57. The number of thioether (sulfide) groups is 1. The Bertz CT molecular complexity index is 408. The molecule has 12 heavy (non-hydrogen) atoms. The predicted octanol–water partition coefficient (Wildman–Crippen LogP) is 2.60. The van der Waals surface area contributed by atoms with Gasteiger partial charge in [0, 0.05) is 10.3 Å². The fraction of sp³-hybridized carbons (Fsp3) is 0.125. The maximum Gasteiger partial charge on any atom is 0.144 e. The van der Waals surface area contributed by atoms with E-state index in [0.717, 1.165) is 5.39 Å². The van der Waals surface area contributed by atoms with Crippen LogP contribution in [0.3, 0.4) is 0 Å². The lowest BCUT2D eigenvalue weighted by Gasteiger charge is -1.94. The van der Waals surface area contributed by atoms with Crippen LogP contribution in [0.4, 0.5) is 5.82 Å². The molecular formula is C8H8N2S2. The number of nitrogens with two attached hydrogens (primary N) is 1. The second-order valence-corrected chi connectivity index (χ2v) is 4.11. The van der Waals surface area contributed by atoms with Crippen molar-refractivity contribution in [1.82, 2.24) is 4.37 Å². The third kappa shape index (κ3) is 1.17. The van der Waals surface area contributed by atoms with E-state index >= 15 is 0 Å². The van der Waals surface area contributed by atoms with Crippen LogP contribution in [-0.4, -0.2) is 10.6 Å². The van der Waals surface area contributed by atoms with Crippen molar-refractivity contribution >= 4 is 39.2 Å². The van der Waals surface area contributed by atoms with E-state index in [1.807, 2.05) is 6.07 Å². The summed E-state index contributed by atoms with van der Waals surface area (Å²) in [5.74, 6) is 0.641. The van der Waals surface area contributed by atoms with E-state index in [9.17, 15) is 0 Å². The van der Waals surface area contributed by atoms with Crippen LogP contribution in [0.2, 0.25) is 0 Å². The van der Waals surface area contributed by atoms with Crippen molar-refractivity contribution in [3.8, 4) is 0 Å². The summed E-state index contributed by atoms with van der Waals surface area (Å²) in [6.45, 7) is 0. The van der Waals surface area contributed by atoms with Gasteiger partial charge in [-0.3, -0.25) is 0 Å². The number of rotatable bonds is 1. The monoisotopic (exact) mass is 196 g/mol. The molecule has 0 aliphatic rings. The van der Waals surface area contributed by atoms with Gasteiger partial charge in [0.25, 0.3) is 0 Å². The standard InChI is InChI=1S/C8H8N2S2/c1-11-5-2-3-6-7(4-5)12-10-8(6)9/h2-4H,1H3,(H2,9,10). The van der Waals surface area contributed by atoms with Gasteiger partial charge in [0.05, 0.1) is 4.70 Å². The van der Waals surface area contributed by atoms with E-state index in [4.69, 9.17) is 5.73 Å². The Morgan fingerprint density at radius 3 is 3.08 bits per heavy atom. The first-order valence-corrected chi connectivity index (χ1v) is 5.50. The average molecular weight is 196 g/mol. The number of hydrogen-bond acceptors (Lipinski definition) is 4. The van der Waals surface area contributed by atoms with Crippen LogP contribution >= 0.6 is 23.3 Å². The first-order valence-electron chi connectivity index (χ1n) is 3.50. The highest BCUT2D eigenvalue weighted by molar-refractivity contribution is 7.98. The van der Waals surface area contributed by atoms with Gasteiger partial charge in [-0.1, -0.05) is 0 Å². The highest BCUT2D eigenvalue weighted by Crippen LogP contribution is 2.28. The zero-order chi connectivity index (χ0) is 8.55. The second-order valence-electron chi connectivity index (χ2n) is 2.43. The zero-order valence-corrected chi connectivity index (χ0v) is 8.21. The van der Waals surface area contributed by atoms with E-state index in [-0.39, 0.29) is 0 Å². The third-order valence-electron chi connectivity index (χ3n) is 1.71. The molecule has 0 spiro atoms. The highest BCUT2D eigenvalue weighted by Gasteiger charge is 2.02. The Kier molecular flexibility index (Phi) is 1.94. The van der Waals surface area contributed by atoms with Gasteiger partial charge >= 0.3 is 0 Å². The lowest BCUT2D eigenvalue weighted by Crippen LogP contribution is -1.82. The Morgan fingerprint density at radius 1 is 1.50 bits per heavy atom. The summed E-state index contributed by atoms with van der Waals surface area (Å²) in [5, 5.41) is 1.07. The summed E-state index contributed by atoms with van der Waals surface area (Å²) < 4.78 is 5.25. The van der Waals surface area contributed by atoms with Gasteiger partial charge in [0.15, 0.2) is 0 Å². The molecule has 0 atom stereocenters. The van der Waals surface area contributed by atoms with Crippen LogP contribution in [0.1, 0.15) is 0 Å². The number of fused-ring (bicyclic) bond motifs is 1. The van der Waals surface area contributed by atoms with Crippen molar-refractivity contribution in [2.45, 2.75) is 4.90 Å². The van der Waals surface area contributed by atoms with Gasteiger partial charge in [0.2, 0.25) is 0 Å². The molecule has 2 N–H and O–H groups in total. The molecule has 0 aliphatic carbocycles. The van der Waals surface area contributed by atoms with Crippen LogP contribution in [-0.2, 0) is 0 Å². The number of nitrogen functional groups attached to an aromatic ring is 1. The topological polar surface area (TPSA) is 38.9 Å². The first-order chi connectivity index (χ1) is 5.81. The fourth-order valence-corrected chi connectivity index (χ4v) is 2.32. The predicted molar refractivity (Wildman–Crippen MR) is 55.8 cm³/mol. The lowest BCUT2D eigenvalue weighted by molar-refractivity contribution is 1.52. The summed E-state index contributed by atoms with van der Waals surface area (Å²) in [6.07, 6.45) is 2.06. The van der Waals surface area contributed by atoms with Crippen molar-refractivity contribution < 1.29 is 0 Å². The minimum Gasteiger partial charge on any atom is -0.382 e. The van der Waals surface area contributed by atoms with Gasteiger partial charge in [0.1, 0.15) is 5.82 Å². The maximum atomic E-state index is 5.66. The van der Waals surface area contributed by atoms with E-state index in [1.165, 1.54) is 21.1 Å². The van der Waals surface area contributed by atoms with Crippen LogP contribution < -0.4 is 5.73 Å². The van der Waals surface area contributed by atoms with E-state index in [0.29, 0.717) is 5.82 Å². The van der Waals surface area contributed by atoms with Gasteiger partial charge in [-0.25, -0.2) is 0 Å². The number of benzene rings is 1. The van der Waals surface area contributed by atoms with Gasteiger partial charge < -0.3 is 5.73 Å². The van der Waals surface area contributed by atoms with E-state index in [1.54, 1.807) is 11.8 Å². The lowest BCUT2D eigenvalue weighted by atomic mass is 10.3. The van der Waals surface area contributed by atoms with E-state index < -0.39 is 0 Å². The van der Waals surface area contributed by atoms with Crippen molar-refractivity contribution in [3.05, 3.63) is 18.2 Å². The summed E-state index contributed by atoms with van der Waals surface area (Å²) >= 11 is 3.19. The Hall–Kier alpha value is -0.740. The summed E-state index contributed by atoms with van der Waals surface area (Å²) in [7, 11) is 0. The van der Waals surface area contributed by atoms with Crippen LogP contribution in [0.15, 0.2) is 23.1 Å². The molecule has 0 amide bonds. The Morgan fingerprint density at radius 2 is 2.33 bits per heavy atom. The molecule has 4 heteroatoms. The highest BCUT2D eigenvalue weighted by atomic mass is 32.2. The van der Waals surface area contributed by atoms with Gasteiger partial charge in [-0.05, 0) is 36.0 Å². The van der Waals surface area contributed by atoms with Crippen molar-refractivity contribution in [3.63, 3.8) is 0 Å².